The van der Waals surface area contributed by atoms with Crippen LogP contribution in [0.3, 0.4) is 0 Å². The van der Waals surface area contributed by atoms with Crippen LogP contribution in [0.1, 0.15) is 38.8 Å². The van der Waals surface area contributed by atoms with E-state index in [-0.39, 0.29) is 174 Å². The van der Waals surface area contributed by atoms with Gasteiger partial charge >= 0.3 is 83.1 Å². The summed E-state index contributed by atoms with van der Waals surface area (Å²) in [4.78, 5) is 25.9. The molecule has 0 spiro atoms. The summed E-state index contributed by atoms with van der Waals surface area (Å²) in [7, 11) is -2.49. The van der Waals surface area contributed by atoms with Gasteiger partial charge in [0.15, 0.2) is 0 Å². The third kappa shape index (κ3) is 17.2. The van der Waals surface area contributed by atoms with Crippen LogP contribution in [0.5, 0.6) is 29.1 Å². The largest absolute Gasteiger partial charge is 1.00 e. The summed E-state index contributed by atoms with van der Waals surface area (Å²) in [6, 6.07) is 7.78. The minimum Gasteiger partial charge on any atom is -0.662 e. The first-order valence-corrected chi connectivity index (χ1v) is 18.8. The van der Waals surface area contributed by atoms with Crippen molar-refractivity contribution < 1.29 is 141 Å². The zero-order valence-electron chi connectivity index (χ0n) is 33.7. The van der Waals surface area contributed by atoms with Crippen molar-refractivity contribution in [2.75, 3.05) is 26.4 Å². The van der Waals surface area contributed by atoms with Gasteiger partial charge in [-0.15, -0.1) is 0 Å². The maximum Gasteiger partial charge on any atom is 1.00 e. The number of hydrogen-bond acceptors (Lipinski definition) is 15. The molecule has 0 aliphatic carbocycles. The van der Waals surface area contributed by atoms with Gasteiger partial charge in [0.05, 0.1) is 61.8 Å². The summed E-state index contributed by atoms with van der Waals surface area (Å²) in [5.74, 6) is -1.11. The number of nitrogens with zero attached hydrogens (tertiary/aromatic N) is 4. The summed E-state index contributed by atoms with van der Waals surface area (Å²) < 4.78 is 64.1. The van der Waals surface area contributed by atoms with Gasteiger partial charge in [-0.05, 0) is 63.1 Å². The molecule has 2 aromatic heterocycles. The molecule has 0 radical (unpaired) electrons. The molecule has 0 amide bonds. The Bertz CT molecular complexity index is 2210. The van der Waals surface area contributed by atoms with Crippen molar-refractivity contribution >= 4 is 77.8 Å². The number of carbonyl (C=O) groups is 1. The Labute approximate surface area is 429 Å². The number of fused-ring (bicyclic) bond motifs is 2. The van der Waals surface area contributed by atoms with Gasteiger partial charge in [-0.2, -0.15) is 4.98 Å². The number of phenols is 1. The van der Waals surface area contributed by atoms with Crippen molar-refractivity contribution in [2.45, 2.75) is 53.1 Å². The van der Waals surface area contributed by atoms with E-state index in [1.54, 1.807) is 0 Å². The van der Waals surface area contributed by atoms with Gasteiger partial charge in [0.1, 0.15) is 41.5 Å². The molecule has 0 saturated carbocycles. The fourth-order valence-electron chi connectivity index (χ4n) is 4.95. The van der Waals surface area contributed by atoms with Crippen molar-refractivity contribution in [3.63, 3.8) is 0 Å². The van der Waals surface area contributed by atoms with E-state index in [2.05, 4.69) is 24.5 Å². The Morgan fingerprint density at radius 3 is 1.74 bits per heavy atom. The maximum atomic E-state index is 14.2. The van der Waals surface area contributed by atoms with Gasteiger partial charge in [0.25, 0.3) is 6.47 Å². The number of aromatic nitrogens is 2. The van der Waals surface area contributed by atoms with Crippen LogP contribution in [-0.4, -0.2) is 84.5 Å². The van der Waals surface area contributed by atoms with Crippen molar-refractivity contribution in [3.05, 3.63) is 97.2 Å². The molecular formula is C37H36B2Cl3CsF2N4O13. The Morgan fingerprint density at radius 2 is 1.26 bits per heavy atom. The number of phenolic OH excluding ortho intramolecular Hbond substituents is 1. The number of ether oxygens (including phenoxy) is 5. The van der Waals surface area contributed by atoms with Crippen LogP contribution in [-0.2, 0) is 41.7 Å². The second-order valence-electron chi connectivity index (χ2n) is 12.5. The molecule has 25 heteroatoms. The van der Waals surface area contributed by atoms with Gasteiger partial charge in [-0.3, -0.25) is 4.79 Å². The number of rotatable bonds is 13. The number of pyridine rings is 2. The Hall–Kier alpha value is -2.98. The first-order chi connectivity index (χ1) is 29.0. The second-order valence-corrected chi connectivity index (χ2v) is 13.7. The monoisotopic (exact) mass is 1040 g/mol. The van der Waals surface area contributed by atoms with Crippen LogP contribution < -0.4 is 99.3 Å². The quantitative estimate of drug-likeness (QED) is 0.0334. The molecule has 4 heterocycles. The summed E-state index contributed by atoms with van der Waals surface area (Å²) >= 11 is 17.6. The predicted octanol–water partition coefficient (Wildman–Crippen LogP) is 2.17. The molecule has 6 rings (SSSR count). The standard InChI is InChI=1S/C18H17BClFN2O5.C11H12Cl2N2O2.C7H6BFO3.CH2O3.Cs/c1-10(2)25-4-5-26-18-15(22-3)8-13(20)17(23-18)28-12-6-11-9-27-19(24)16(11)14(21)7-12;1-7(2)16-4-5-17-11-9(14-3)6-8(12)10(13)15-11;9-6-2-5(10)1-4-3-12-8(11)7(4)6;2-1-4-3;/h6-8,10,24H,4-5,9H2,1-2H3;6-7H,4-5H2,1-2H3;1-2,10-11H,3H2;1,3H;/q;;;;+1/p-1. The maximum absolute atomic E-state index is 14.2. The molecule has 2 aliphatic rings. The van der Waals surface area contributed by atoms with Crippen LogP contribution >= 0.6 is 34.8 Å². The van der Waals surface area contributed by atoms with E-state index in [9.17, 15) is 13.8 Å². The predicted molar refractivity (Wildman–Crippen MR) is 216 cm³/mol. The van der Waals surface area contributed by atoms with Crippen LogP contribution in [0.15, 0.2) is 36.4 Å². The fraction of sp³-hybridized carbons (Fsp3) is 0.324. The van der Waals surface area contributed by atoms with Crippen LogP contribution in [0.25, 0.3) is 9.69 Å². The number of halogens is 5. The average molecular weight is 1040 g/mol. The molecule has 17 nitrogen and oxygen atoms in total. The zero-order valence-corrected chi connectivity index (χ0v) is 42.2. The molecule has 324 valence electrons. The molecule has 62 heavy (non-hydrogen) atoms. The van der Waals surface area contributed by atoms with Gasteiger partial charge < -0.3 is 58.3 Å². The molecule has 0 atom stereocenters. The van der Waals surface area contributed by atoms with E-state index in [0.717, 1.165) is 12.1 Å². The molecule has 0 saturated heterocycles. The van der Waals surface area contributed by atoms with Crippen LogP contribution in [0, 0.1) is 24.8 Å². The third-order valence-electron chi connectivity index (χ3n) is 7.49. The first kappa shape index (κ1) is 55.2. The Morgan fingerprint density at radius 1 is 0.790 bits per heavy atom. The first-order valence-electron chi connectivity index (χ1n) is 17.7. The zero-order chi connectivity index (χ0) is 45.2. The molecule has 4 aromatic rings. The molecular weight excluding hydrogens is 1010 g/mol. The van der Waals surface area contributed by atoms with Gasteiger partial charge in [0, 0.05) is 23.1 Å². The minimum atomic E-state index is -1.29. The fourth-order valence-corrected chi connectivity index (χ4v) is 5.41. The van der Waals surface area contributed by atoms with Gasteiger partial charge in [0.2, 0.25) is 29.0 Å². The molecule has 2 aromatic carbocycles. The average Bonchev–Trinajstić information content (AvgIpc) is 3.79. The van der Waals surface area contributed by atoms with Crippen molar-refractivity contribution in [2.24, 2.45) is 0 Å². The van der Waals surface area contributed by atoms with Gasteiger partial charge in [-0.25, -0.2) is 23.5 Å². The van der Waals surface area contributed by atoms with E-state index in [4.69, 9.17) is 101 Å². The van der Waals surface area contributed by atoms with E-state index >= 15 is 0 Å². The van der Waals surface area contributed by atoms with Crippen LogP contribution in [0.2, 0.25) is 15.2 Å². The number of aromatic hydroxyl groups is 1. The SMILES string of the molecule is O=CO[O-].OB1OCc2cc(O)cc(F)c21.[C-]#[N+]c1cc(Cl)c(Cl)nc1OCCOC(C)C.[C-]#[N+]c1cc(Cl)c(Oc2cc(F)c3c(c2)COB3O)nc1OCCOC(C)C.[Cs+]. The van der Waals surface area contributed by atoms with Gasteiger partial charge in [-0.1, -0.05) is 34.8 Å². The molecule has 0 fully saturated rings. The summed E-state index contributed by atoms with van der Waals surface area (Å²) in [6.07, 6.45) is 0.193. The normalized spacial score (nSPS) is 11.9. The number of carbonyl (C=O) groups excluding carboxylic acids is 1. The summed E-state index contributed by atoms with van der Waals surface area (Å²) in [5, 5.41) is 36.6. The smallest absolute Gasteiger partial charge is 0.662 e. The number of hydrogen-bond donors (Lipinski definition) is 3. The van der Waals surface area contributed by atoms with E-state index in [1.165, 1.54) is 24.3 Å². The summed E-state index contributed by atoms with van der Waals surface area (Å²) in [6.45, 7) is 23.2. The minimum absolute atomic E-state index is 0. The van der Waals surface area contributed by atoms with Crippen molar-refractivity contribution in [3.8, 4) is 29.1 Å². The van der Waals surface area contributed by atoms with E-state index < -0.39 is 25.9 Å². The third-order valence-corrected chi connectivity index (χ3v) is 8.43. The Kier molecular flexibility index (Phi) is 24.9. The second kappa shape index (κ2) is 28.0. The van der Waals surface area contributed by atoms with Crippen LogP contribution in [0.4, 0.5) is 20.2 Å². The van der Waals surface area contributed by atoms with E-state index in [1.807, 2.05) is 27.7 Å². The molecule has 2 aliphatic heterocycles. The molecule has 0 bridgehead atoms. The topological polar surface area (TPSA) is 209 Å². The van der Waals surface area contributed by atoms with Crippen molar-refractivity contribution in [1.29, 1.82) is 0 Å². The Balaban J connectivity index is 0.000000330. The summed E-state index contributed by atoms with van der Waals surface area (Å²) in [5.41, 5.74) is 1.55. The number of benzene rings is 2. The molecule has 0 unspecified atom stereocenters. The molecule has 3 N–H and O–H groups in total. The van der Waals surface area contributed by atoms with E-state index in [0.29, 0.717) is 30.9 Å². The van der Waals surface area contributed by atoms with Crippen molar-refractivity contribution in [1.82, 2.24) is 9.97 Å².